The van der Waals surface area contributed by atoms with Crippen molar-refractivity contribution in [3.8, 4) is 0 Å². The van der Waals surface area contributed by atoms with Crippen LogP contribution >= 0.6 is 0 Å². The molecule has 0 spiro atoms. The Morgan fingerprint density at radius 3 is 2.73 bits per heavy atom. The van der Waals surface area contributed by atoms with Gasteiger partial charge in [0.25, 0.3) is 5.91 Å². The second kappa shape index (κ2) is 5.55. The number of nitrogens with one attached hydrogen (secondary N) is 1. The third kappa shape index (κ3) is 2.89. The molecular formula is C17H19FN2O2. The predicted octanol–water partition coefficient (Wildman–Crippen LogP) is 3.33. The predicted molar refractivity (Wildman–Crippen MR) is 80.1 cm³/mol. The molecule has 1 amide bonds. The highest BCUT2D eigenvalue weighted by Gasteiger charge is 2.39. The minimum atomic E-state index is -0.308. The van der Waals surface area contributed by atoms with Crippen LogP contribution in [0.3, 0.4) is 0 Å². The lowest BCUT2D eigenvalue weighted by atomic mass is 9.72. The SMILES string of the molecule is Cc1nc(C)c(C(=O)NC2(Cc3cccc(F)c3)CCC2)o1. The first-order valence-electron chi connectivity index (χ1n) is 7.48. The van der Waals surface area contributed by atoms with Crippen molar-refractivity contribution in [2.45, 2.75) is 45.1 Å². The fourth-order valence-electron chi connectivity index (χ4n) is 3.03. The van der Waals surface area contributed by atoms with Gasteiger partial charge in [-0.3, -0.25) is 4.79 Å². The third-order valence-corrected chi connectivity index (χ3v) is 4.23. The van der Waals surface area contributed by atoms with Crippen LogP contribution in [-0.2, 0) is 6.42 Å². The van der Waals surface area contributed by atoms with Gasteiger partial charge in [-0.25, -0.2) is 9.37 Å². The van der Waals surface area contributed by atoms with Crippen LogP contribution < -0.4 is 5.32 Å². The van der Waals surface area contributed by atoms with E-state index in [-0.39, 0.29) is 23.0 Å². The molecule has 0 unspecified atom stereocenters. The molecule has 1 aliphatic carbocycles. The number of benzene rings is 1. The number of hydrogen-bond acceptors (Lipinski definition) is 3. The smallest absolute Gasteiger partial charge is 0.289 e. The summed E-state index contributed by atoms with van der Waals surface area (Å²) in [6.07, 6.45) is 3.47. The van der Waals surface area contributed by atoms with E-state index in [1.165, 1.54) is 12.1 Å². The normalized spacial score (nSPS) is 16.1. The fraction of sp³-hybridized carbons (Fsp3) is 0.412. The first kappa shape index (κ1) is 14.8. The molecule has 5 heteroatoms. The lowest BCUT2D eigenvalue weighted by Crippen LogP contribution is -2.55. The summed E-state index contributed by atoms with van der Waals surface area (Å²) in [6, 6.07) is 6.54. The standard InChI is InChI=1S/C17H19FN2O2/c1-11-15(22-12(2)19-11)16(21)20-17(7-4-8-17)10-13-5-3-6-14(18)9-13/h3,5-6,9H,4,7-8,10H2,1-2H3,(H,20,21). The van der Waals surface area contributed by atoms with Gasteiger partial charge in [0.1, 0.15) is 5.82 Å². The first-order chi connectivity index (χ1) is 10.5. The van der Waals surface area contributed by atoms with E-state index >= 15 is 0 Å². The number of carbonyl (C=O) groups excluding carboxylic acids is 1. The summed E-state index contributed by atoms with van der Waals surface area (Å²) in [5.74, 6) is 0.257. The van der Waals surface area contributed by atoms with Crippen molar-refractivity contribution in [3.05, 3.63) is 53.0 Å². The van der Waals surface area contributed by atoms with E-state index in [1.807, 2.05) is 6.07 Å². The Labute approximate surface area is 128 Å². The number of halogens is 1. The summed E-state index contributed by atoms with van der Waals surface area (Å²) in [6.45, 7) is 3.47. The Morgan fingerprint density at radius 2 is 2.18 bits per heavy atom. The molecule has 116 valence electrons. The maximum Gasteiger partial charge on any atom is 0.289 e. The lowest BCUT2D eigenvalue weighted by Gasteiger charge is -2.42. The molecule has 1 saturated carbocycles. The summed E-state index contributed by atoms with van der Waals surface area (Å²) in [5, 5.41) is 3.07. The van der Waals surface area contributed by atoms with Gasteiger partial charge in [0, 0.05) is 12.5 Å². The van der Waals surface area contributed by atoms with Gasteiger partial charge < -0.3 is 9.73 Å². The number of oxazole rings is 1. The molecule has 2 aromatic rings. The topological polar surface area (TPSA) is 55.1 Å². The summed E-state index contributed by atoms with van der Waals surface area (Å²) in [5.41, 5.74) is 1.18. The van der Waals surface area contributed by atoms with E-state index in [0.717, 1.165) is 24.8 Å². The molecule has 0 aliphatic heterocycles. The Kier molecular flexibility index (Phi) is 3.72. The summed E-state index contributed by atoms with van der Waals surface area (Å²) in [4.78, 5) is 16.5. The molecule has 3 rings (SSSR count). The summed E-state index contributed by atoms with van der Waals surface area (Å²) < 4.78 is 18.7. The van der Waals surface area contributed by atoms with Gasteiger partial charge in [-0.15, -0.1) is 0 Å². The van der Waals surface area contributed by atoms with Crippen LogP contribution in [0.15, 0.2) is 28.7 Å². The number of aryl methyl sites for hydroxylation is 2. The van der Waals surface area contributed by atoms with Crippen LogP contribution in [0.5, 0.6) is 0 Å². The number of carbonyl (C=O) groups is 1. The van der Waals surface area contributed by atoms with Gasteiger partial charge in [0.15, 0.2) is 5.89 Å². The van der Waals surface area contributed by atoms with Crippen molar-refractivity contribution >= 4 is 5.91 Å². The fourth-order valence-corrected chi connectivity index (χ4v) is 3.03. The van der Waals surface area contributed by atoms with Gasteiger partial charge in [-0.1, -0.05) is 12.1 Å². The Hall–Kier alpha value is -2.17. The number of hydrogen-bond donors (Lipinski definition) is 1. The van der Waals surface area contributed by atoms with Crippen molar-refractivity contribution in [2.24, 2.45) is 0 Å². The molecule has 0 radical (unpaired) electrons. The summed E-state index contributed by atoms with van der Waals surface area (Å²) >= 11 is 0. The van der Waals surface area contributed by atoms with E-state index in [4.69, 9.17) is 4.42 Å². The Bertz CT molecular complexity index is 704. The van der Waals surface area contributed by atoms with Gasteiger partial charge in [0.05, 0.1) is 5.69 Å². The first-order valence-corrected chi connectivity index (χ1v) is 7.48. The number of aromatic nitrogens is 1. The van der Waals surface area contributed by atoms with Crippen molar-refractivity contribution in [2.75, 3.05) is 0 Å². The third-order valence-electron chi connectivity index (χ3n) is 4.23. The van der Waals surface area contributed by atoms with Crippen molar-refractivity contribution in [1.29, 1.82) is 0 Å². The van der Waals surface area contributed by atoms with Crippen LogP contribution in [0.4, 0.5) is 4.39 Å². The zero-order valence-corrected chi connectivity index (χ0v) is 12.8. The molecule has 1 aromatic carbocycles. The highest BCUT2D eigenvalue weighted by molar-refractivity contribution is 5.93. The molecule has 22 heavy (non-hydrogen) atoms. The quantitative estimate of drug-likeness (QED) is 0.942. The lowest BCUT2D eigenvalue weighted by molar-refractivity contribution is 0.0796. The molecule has 1 aromatic heterocycles. The van der Waals surface area contributed by atoms with Crippen LogP contribution in [0.25, 0.3) is 0 Å². The highest BCUT2D eigenvalue weighted by atomic mass is 19.1. The number of rotatable bonds is 4. The van der Waals surface area contributed by atoms with Gasteiger partial charge >= 0.3 is 0 Å². The summed E-state index contributed by atoms with van der Waals surface area (Å²) in [7, 11) is 0. The molecular weight excluding hydrogens is 283 g/mol. The molecule has 0 saturated heterocycles. The van der Waals surface area contributed by atoms with Crippen LogP contribution in [0.1, 0.15) is 47.0 Å². The Morgan fingerprint density at radius 1 is 1.41 bits per heavy atom. The minimum Gasteiger partial charge on any atom is -0.436 e. The molecule has 1 fully saturated rings. The van der Waals surface area contributed by atoms with Crippen LogP contribution in [0.2, 0.25) is 0 Å². The molecule has 0 bridgehead atoms. The molecule has 1 aliphatic rings. The largest absolute Gasteiger partial charge is 0.436 e. The zero-order chi connectivity index (χ0) is 15.7. The van der Waals surface area contributed by atoms with Crippen molar-refractivity contribution in [3.63, 3.8) is 0 Å². The second-order valence-electron chi connectivity index (χ2n) is 6.04. The van der Waals surface area contributed by atoms with E-state index < -0.39 is 0 Å². The molecule has 4 nitrogen and oxygen atoms in total. The van der Waals surface area contributed by atoms with E-state index in [2.05, 4.69) is 10.3 Å². The molecule has 1 heterocycles. The highest BCUT2D eigenvalue weighted by Crippen LogP contribution is 2.35. The van der Waals surface area contributed by atoms with Crippen molar-refractivity contribution in [1.82, 2.24) is 10.3 Å². The Balaban J connectivity index is 1.76. The van der Waals surface area contributed by atoms with Gasteiger partial charge in [-0.05, 0) is 50.3 Å². The average molecular weight is 302 g/mol. The number of nitrogens with zero attached hydrogens (tertiary/aromatic N) is 1. The van der Waals surface area contributed by atoms with Crippen LogP contribution in [0, 0.1) is 19.7 Å². The van der Waals surface area contributed by atoms with Crippen LogP contribution in [-0.4, -0.2) is 16.4 Å². The second-order valence-corrected chi connectivity index (χ2v) is 6.04. The maximum atomic E-state index is 13.3. The zero-order valence-electron chi connectivity index (χ0n) is 12.8. The van der Waals surface area contributed by atoms with E-state index in [0.29, 0.717) is 18.0 Å². The molecule has 0 atom stereocenters. The van der Waals surface area contributed by atoms with Gasteiger partial charge in [0.2, 0.25) is 5.76 Å². The average Bonchev–Trinajstić information content (AvgIpc) is 2.75. The molecule has 1 N–H and O–H groups in total. The van der Waals surface area contributed by atoms with Gasteiger partial charge in [-0.2, -0.15) is 0 Å². The maximum absolute atomic E-state index is 13.3. The van der Waals surface area contributed by atoms with E-state index in [9.17, 15) is 9.18 Å². The monoisotopic (exact) mass is 302 g/mol. The van der Waals surface area contributed by atoms with E-state index in [1.54, 1.807) is 19.9 Å². The number of amides is 1. The van der Waals surface area contributed by atoms with Crippen molar-refractivity contribution < 1.29 is 13.6 Å². The minimum absolute atomic E-state index is 0.241.